The highest BCUT2D eigenvalue weighted by molar-refractivity contribution is 14.0. The summed E-state index contributed by atoms with van der Waals surface area (Å²) in [6.45, 7) is 13.3. The number of carbonyl (C=O) groups excluding carboxylic acids is 1. The number of amides is 1. The Hall–Kier alpha value is -1.49. The van der Waals surface area contributed by atoms with Crippen LogP contribution in [0.2, 0.25) is 0 Å². The Labute approximate surface area is 197 Å². The summed E-state index contributed by atoms with van der Waals surface area (Å²) < 4.78 is 10.8. The van der Waals surface area contributed by atoms with Gasteiger partial charge in [-0.25, -0.2) is 4.79 Å². The van der Waals surface area contributed by atoms with Gasteiger partial charge in [0.2, 0.25) is 0 Å². The molecule has 1 amide bonds. The summed E-state index contributed by atoms with van der Waals surface area (Å²) in [5, 5.41) is 6.88. The number of hydrogen-bond donors (Lipinski definition) is 2. The highest BCUT2D eigenvalue weighted by Crippen LogP contribution is 2.21. The van der Waals surface area contributed by atoms with Gasteiger partial charge in [0.05, 0.1) is 25.5 Å². The van der Waals surface area contributed by atoms with E-state index in [1.54, 1.807) is 11.2 Å². The van der Waals surface area contributed by atoms with E-state index in [-0.39, 0.29) is 42.2 Å². The molecule has 30 heavy (non-hydrogen) atoms. The average Bonchev–Trinajstić information content (AvgIpc) is 3.26. The monoisotopic (exact) mass is 535 g/mol. The van der Waals surface area contributed by atoms with Crippen LogP contribution in [-0.2, 0) is 4.74 Å². The molecule has 0 radical (unpaired) electrons. The molecule has 1 atom stereocenters. The zero-order valence-corrected chi connectivity index (χ0v) is 21.1. The Morgan fingerprint density at radius 1 is 1.30 bits per heavy atom. The van der Waals surface area contributed by atoms with Crippen LogP contribution in [0.15, 0.2) is 27.8 Å². The molecule has 2 rings (SSSR count). The lowest BCUT2D eigenvalue weighted by Gasteiger charge is -2.32. The number of furan rings is 1. The van der Waals surface area contributed by atoms with Gasteiger partial charge < -0.3 is 24.7 Å². The first-order valence-corrected chi connectivity index (χ1v) is 10.9. The first-order valence-electron chi connectivity index (χ1n) is 10.9. The van der Waals surface area contributed by atoms with Crippen LogP contribution in [0, 0.1) is 0 Å². The summed E-state index contributed by atoms with van der Waals surface area (Å²) in [6, 6.07) is 4.34. The first-order chi connectivity index (χ1) is 14.1. The minimum absolute atomic E-state index is 0. The van der Waals surface area contributed by atoms with Crippen LogP contribution < -0.4 is 10.6 Å². The molecule has 0 aromatic carbocycles. The maximum Gasteiger partial charge on any atom is 0.409 e. The fraction of sp³-hybridized carbons (Fsp3) is 0.714. The lowest BCUT2D eigenvalue weighted by atomic mass is 10.1. The molecule has 2 heterocycles. The highest BCUT2D eigenvalue weighted by Gasteiger charge is 2.25. The Bertz CT molecular complexity index is 614. The summed E-state index contributed by atoms with van der Waals surface area (Å²) in [7, 11) is 0. The number of likely N-dealkylation sites (N-methyl/N-ethyl adjacent to an activating group) is 1. The third-order valence-corrected chi connectivity index (χ3v) is 5.25. The van der Waals surface area contributed by atoms with Crippen LogP contribution in [0.1, 0.15) is 52.3 Å². The predicted molar refractivity (Wildman–Crippen MR) is 131 cm³/mol. The quantitative estimate of drug-likeness (QED) is 0.287. The van der Waals surface area contributed by atoms with Crippen molar-refractivity contribution in [2.24, 2.45) is 4.99 Å². The highest BCUT2D eigenvalue weighted by atomic mass is 127. The number of piperidine rings is 1. The van der Waals surface area contributed by atoms with E-state index in [0.717, 1.165) is 44.2 Å². The Morgan fingerprint density at radius 2 is 2.00 bits per heavy atom. The Balaban J connectivity index is 0.00000450. The van der Waals surface area contributed by atoms with E-state index in [1.165, 1.54) is 0 Å². The zero-order chi connectivity index (χ0) is 21.1. The molecule has 0 spiro atoms. The van der Waals surface area contributed by atoms with E-state index in [2.05, 4.69) is 36.3 Å². The third kappa shape index (κ3) is 7.98. The van der Waals surface area contributed by atoms with Gasteiger partial charge in [-0.3, -0.25) is 9.89 Å². The molecule has 1 aromatic rings. The molecule has 8 nitrogen and oxygen atoms in total. The SMILES string of the molecule is CCNC(=NCC(c1ccco1)N(CC)CC)NC1CCN(C(=O)OCC)CC1.I. The molecule has 0 saturated carbocycles. The number of rotatable bonds is 9. The molecule has 2 N–H and O–H groups in total. The average molecular weight is 535 g/mol. The van der Waals surface area contributed by atoms with Crippen LogP contribution >= 0.6 is 24.0 Å². The van der Waals surface area contributed by atoms with Gasteiger partial charge in [-0.05, 0) is 51.9 Å². The number of halogens is 1. The molecule has 1 unspecified atom stereocenters. The van der Waals surface area contributed by atoms with Gasteiger partial charge in [-0.1, -0.05) is 13.8 Å². The molecular formula is C21H38IN5O3. The van der Waals surface area contributed by atoms with Crippen LogP contribution in [-0.4, -0.2) is 73.8 Å². The lowest BCUT2D eigenvalue weighted by Crippen LogP contribution is -2.50. The predicted octanol–water partition coefficient (Wildman–Crippen LogP) is 3.46. The maximum absolute atomic E-state index is 11.9. The van der Waals surface area contributed by atoms with Crippen molar-refractivity contribution in [3.63, 3.8) is 0 Å². The van der Waals surface area contributed by atoms with Crippen LogP contribution in [0.25, 0.3) is 0 Å². The minimum atomic E-state index is -0.216. The van der Waals surface area contributed by atoms with Gasteiger partial charge in [0.15, 0.2) is 5.96 Å². The van der Waals surface area contributed by atoms with Crippen molar-refractivity contribution >= 4 is 36.0 Å². The standard InChI is InChI=1S/C21H37N5O3.HI/c1-5-22-20(24-17-11-13-26(14-12-17)21(27)28-8-4)23-16-18(25(6-2)7-3)19-10-9-15-29-19;/h9-10,15,17-18H,5-8,11-14,16H2,1-4H3,(H2,22,23,24);1H. The number of hydrogen-bond acceptors (Lipinski definition) is 5. The Kier molecular flexibility index (Phi) is 12.8. The normalized spacial score (nSPS) is 16.2. The van der Waals surface area contributed by atoms with Gasteiger partial charge in [-0.15, -0.1) is 24.0 Å². The van der Waals surface area contributed by atoms with Gasteiger partial charge in [0, 0.05) is 25.7 Å². The van der Waals surface area contributed by atoms with Crippen molar-refractivity contribution in [1.29, 1.82) is 0 Å². The van der Waals surface area contributed by atoms with Crippen molar-refractivity contribution in [1.82, 2.24) is 20.4 Å². The second kappa shape index (κ2) is 14.5. The molecule has 172 valence electrons. The third-order valence-electron chi connectivity index (χ3n) is 5.25. The number of nitrogens with zero attached hydrogens (tertiary/aromatic N) is 3. The van der Waals surface area contributed by atoms with E-state index in [4.69, 9.17) is 14.1 Å². The van der Waals surface area contributed by atoms with Crippen molar-refractivity contribution in [3.8, 4) is 0 Å². The summed E-state index contributed by atoms with van der Waals surface area (Å²) in [5.41, 5.74) is 0. The molecule has 1 aliphatic rings. The molecule has 9 heteroatoms. The molecule has 0 aliphatic carbocycles. The van der Waals surface area contributed by atoms with E-state index in [9.17, 15) is 4.79 Å². The second-order valence-electron chi connectivity index (χ2n) is 7.08. The summed E-state index contributed by atoms with van der Waals surface area (Å²) in [6.07, 6.45) is 3.25. The number of likely N-dealkylation sites (tertiary alicyclic amines) is 1. The van der Waals surface area contributed by atoms with E-state index < -0.39 is 0 Å². The largest absolute Gasteiger partial charge is 0.468 e. The van der Waals surface area contributed by atoms with Crippen molar-refractivity contribution in [2.45, 2.75) is 52.6 Å². The molecule has 1 aromatic heterocycles. The summed E-state index contributed by atoms with van der Waals surface area (Å²) >= 11 is 0. The maximum atomic E-state index is 11.9. The van der Waals surface area contributed by atoms with Gasteiger partial charge >= 0.3 is 6.09 Å². The first kappa shape index (κ1) is 26.5. The molecule has 0 bridgehead atoms. The van der Waals surface area contributed by atoms with Crippen molar-refractivity contribution < 1.29 is 13.9 Å². The fourth-order valence-electron chi connectivity index (χ4n) is 3.64. The fourth-order valence-corrected chi connectivity index (χ4v) is 3.64. The zero-order valence-electron chi connectivity index (χ0n) is 18.7. The van der Waals surface area contributed by atoms with E-state index in [0.29, 0.717) is 26.2 Å². The van der Waals surface area contributed by atoms with Crippen LogP contribution in [0.5, 0.6) is 0 Å². The second-order valence-corrected chi connectivity index (χ2v) is 7.08. The number of ether oxygens (including phenoxy) is 1. The van der Waals surface area contributed by atoms with Crippen molar-refractivity contribution in [3.05, 3.63) is 24.2 Å². The number of carbonyl (C=O) groups is 1. The molecule has 1 fully saturated rings. The van der Waals surface area contributed by atoms with E-state index in [1.807, 2.05) is 19.1 Å². The number of nitrogens with one attached hydrogen (secondary N) is 2. The number of aliphatic imine (C=N–C) groups is 1. The molecule has 1 saturated heterocycles. The van der Waals surface area contributed by atoms with Crippen LogP contribution in [0.4, 0.5) is 4.79 Å². The number of guanidine groups is 1. The summed E-state index contributed by atoms with van der Waals surface area (Å²) in [4.78, 5) is 20.9. The van der Waals surface area contributed by atoms with Crippen molar-refractivity contribution in [2.75, 3.05) is 45.9 Å². The Morgan fingerprint density at radius 3 is 2.53 bits per heavy atom. The van der Waals surface area contributed by atoms with Crippen LogP contribution in [0.3, 0.4) is 0 Å². The van der Waals surface area contributed by atoms with Gasteiger partial charge in [-0.2, -0.15) is 0 Å². The minimum Gasteiger partial charge on any atom is -0.468 e. The van der Waals surface area contributed by atoms with Gasteiger partial charge in [0.25, 0.3) is 0 Å². The molecule has 1 aliphatic heterocycles. The topological polar surface area (TPSA) is 82.3 Å². The van der Waals surface area contributed by atoms with E-state index >= 15 is 0 Å². The lowest BCUT2D eigenvalue weighted by molar-refractivity contribution is 0.0963. The molecular weight excluding hydrogens is 497 g/mol. The summed E-state index contributed by atoms with van der Waals surface area (Å²) in [5.74, 6) is 1.75. The van der Waals surface area contributed by atoms with Gasteiger partial charge in [0.1, 0.15) is 5.76 Å². The smallest absolute Gasteiger partial charge is 0.409 e.